The van der Waals surface area contributed by atoms with Crippen molar-refractivity contribution in [3.05, 3.63) is 57.8 Å². The quantitative estimate of drug-likeness (QED) is 0.904. The van der Waals surface area contributed by atoms with Crippen LogP contribution in [0.25, 0.3) is 0 Å². The molecule has 0 heterocycles. The molecule has 0 aliphatic carbocycles. The number of aromatic hydroxyl groups is 1. The predicted molar refractivity (Wildman–Crippen MR) is 74.2 cm³/mol. The molecule has 0 atom stereocenters. The Hall–Kier alpha value is -2.06. The van der Waals surface area contributed by atoms with Crippen LogP contribution in [0, 0.1) is 17.1 Å². The van der Waals surface area contributed by atoms with Crippen LogP contribution in [0.2, 0.25) is 0 Å². The Kier molecular flexibility index (Phi) is 4.03. The van der Waals surface area contributed by atoms with E-state index in [0.717, 1.165) is 5.56 Å². The molecule has 2 rings (SSSR count). The third-order valence-corrected chi connectivity index (χ3v) is 3.40. The summed E-state index contributed by atoms with van der Waals surface area (Å²) in [6, 6.07) is 11.6. The molecule has 2 N–H and O–H groups in total. The molecule has 0 aliphatic rings. The molecule has 0 radical (unpaired) electrons. The van der Waals surface area contributed by atoms with E-state index in [1.54, 1.807) is 30.3 Å². The van der Waals surface area contributed by atoms with Gasteiger partial charge >= 0.3 is 0 Å². The number of phenolic OH excluding ortho intramolecular Hbond substituents is 1. The number of phenols is 1. The Morgan fingerprint density at radius 3 is 2.53 bits per heavy atom. The summed E-state index contributed by atoms with van der Waals surface area (Å²) in [5.41, 5.74) is 1.49. The van der Waals surface area contributed by atoms with Gasteiger partial charge in [-0.3, -0.25) is 0 Å². The fraction of sp³-hybridized carbons (Fsp3) is 0.0714. The fourth-order valence-electron chi connectivity index (χ4n) is 1.58. The van der Waals surface area contributed by atoms with Gasteiger partial charge in [-0.05, 0) is 45.8 Å². The molecule has 0 amide bonds. The molecule has 5 heteroatoms. The Morgan fingerprint density at radius 2 is 1.89 bits per heavy atom. The molecule has 0 aliphatic heterocycles. The van der Waals surface area contributed by atoms with Gasteiger partial charge in [-0.2, -0.15) is 5.26 Å². The van der Waals surface area contributed by atoms with Crippen molar-refractivity contribution in [3.8, 4) is 11.8 Å². The first kappa shape index (κ1) is 13.4. The number of nitriles is 1. The number of nitrogens with one attached hydrogen (secondary N) is 1. The Bertz CT molecular complexity index is 635. The van der Waals surface area contributed by atoms with Crippen LogP contribution in [0.4, 0.5) is 10.1 Å². The summed E-state index contributed by atoms with van der Waals surface area (Å²) in [7, 11) is 0. The van der Waals surface area contributed by atoms with Gasteiger partial charge in [0, 0.05) is 6.54 Å². The molecule has 2 aromatic carbocycles. The van der Waals surface area contributed by atoms with E-state index in [2.05, 4.69) is 21.2 Å². The summed E-state index contributed by atoms with van der Waals surface area (Å²) in [6.45, 7) is 0.426. The molecule has 0 spiro atoms. The summed E-state index contributed by atoms with van der Waals surface area (Å²) >= 11 is 3.06. The van der Waals surface area contributed by atoms with E-state index in [1.807, 2.05) is 6.07 Å². The molecule has 0 aromatic heterocycles. The van der Waals surface area contributed by atoms with Gasteiger partial charge in [0.15, 0.2) is 5.82 Å². The third-order valence-electron chi connectivity index (χ3n) is 2.62. The Labute approximate surface area is 118 Å². The molecule has 0 saturated heterocycles. The number of nitrogens with zero attached hydrogens (tertiary/aromatic N) is 1. The Balaban J connectivity index is 2.14. The van der Waals surface area contributed by atoms with Crippen LogP contribution >= 0.6 is 15.9 Å². The normalized spacial score (nSPS) is 9.95. The van der Waals surface area contributed by atoms with Crippen molar-refractivity contribution in [2.24, 2.45) is 0 Å². The maximum Gasteiger partial charge on any atom is 0.161 e. The molecule has 19 heavy (non-hydrogen) atoms. The van der Waals surface area contributed by atoms with Crippen LogP contribution < -0.4 is 5.32 Å². The average molecular weight is 321 g/mol. The van der Waals surface area contributed by atoms with Crippen LogP contribution in [0.3, 0.4) is 0 Å². The topological polar surface area (TPSA) is 56.0 Å². The first-order valence-electron chi connectivity index (χ1n) is 5.51. The minimum Gasteiger partial charge on any atom is -0.508 e. The van der Waals surface area contributed by atoms with Crippen LogP contribution in [0.5, 0.6) is 5.75 Å². The molecular weight excluding hydrogens is 311 g/mol. The van der Waals surface area contributed by atoms with Crippen molar-refractivity contribution in [1.29, 1.82) is 5.26 Å². The first-order valence-corrected chi connectivity index (χ1v) is 6.31. The van der Waals surface area contributed by atoms with Crippen LogP contribution in [-0.2, 0) is 6.54 Å². The van der Waals surface area contributed by atoms with Crippen molar-refractivity contribution >= 4 is 21.6 Å². The van der Waals surface area contributed by atoms with E-state index in [0.29, 0.717) is 12.2 Å². The second-order valence-electron chi connectivity index (χ2n) is 3.92. The SMILES string of the molecule is N#Cc1ccc(NCc2ccc(O)cc2)c(F)c1Br. The second kappa shape index (κ2) is 5.72. The summed E-state index contributed by atoms with van der Waals surface area (Å²) in [6.07, 6.45) is 0. The summed E-state index contributed by atoms with van der Waals surface area (Å²) in [5, 5.41) is 20.9. The number of anilines is 1. The molecule has 3 nitrogen and oxygen atoms in total. The number of hydrogen-bond acceptors (Lipinski definition) is 3. The lowest BCUT2D eigenvalue weighted by atomic mass is 10.2. The number of benzene rings is 2. The van der Waals surface area contributed by atoms with E-state index in [-0.39, 0.29) is 15.8 Å². The van der Waals surface area contributed by atoms with Crippen LogP contribution in [0.15, 0.2) is 40.9 Å². The van der Waals surface area contributed by atoms with Crippen LogP contribution in [-0.4, -0.2) is 5.11 Å². The summed E-state index contributed by atoms with van der Waals surface area (Å²) in [4.78, 5) is 0. The highest BCUT2D eigenvalue weighted by Crippen LogP contribution is 2.27. The zero-order valence-electron chi connectivity index (χ0n) is 9.82. The van der Waals surface area contributed by atoms with Gasteiger partial charge in [-0.1, -0.05) is 12.1 Å². The molecule has 0 bridgehead atoms. The number of hydrogen-bond donors (Lipinski definition) is 2. The molecule has 0 saturated carbocycles. The minimum atomic E-state index is -0.488. The largest absolute Gasteiger partial charge is 0.508 e. The van der Waals surface area contributed by atoms with E-state index in [1.165, 1.54) is 6.07 Å². The summed E-state index contributed by atoms with van der Waals surface area (Å²) < 4.78 is 14.1. The van der Waals surface area contributed by atoms with Gasteiger partial charge < -0.3 is 10.4 Å². The maximum atomic E-state index is 13.9. The van der Waals surface area contributed by atoms with Gasteiger partial charge in [0.25, 0.3) is 0 Å². The highest BCUT2D eigenvalue weighted by atomic mass is 79.9. The van der Waals surface area contributed by atoms with Crippen LogP contribution in [0.1, 0.15) is 11.1 Å². The smallest absolute Gasteiger partial charge is 0.161 e. The zero-order valence-corrected chi connectivity index (χ0v) is 11.4. The van der Waals surface area contributed by atoms with E-state index < -0.39 is 5.82 Å². The van der Waals surface area contributed by atoms with Crippen molar-refractivity contribution < 1.29 is 9.50 Å². The standard InChI is InChI=1S/C14H10BrFN2O/c15-13-10(7-17)3-6-12(14(13)16)18-8-9-1-4-11(19)5-2-9/h1-6,18-19H,8H2. The molecule has 0 unspecified atom stereocenters. The maximum absolute atomic E-state index is 13.9. The summed E-state index contributed by atoms with van der Waals surface area (Å²) in [5.74, 6) is -0.297. The second-order valence-corrected chi connectivity index (χ2v) is 4.71. The van der Waals surface area contributed by atoms with Gasteiger partial charge in [0.1, 0.15) is 11.8 Å². The van der Waals surface area contributed by atoms with Crippen molar-refractivity contribution in [2.75, 3.05) is 5.32 Å². The first-order chi connectivity index (χ1) is 9.11. The molecule has 0 fully saturated rings. The zero-order chi connectivity index (χ0) is 13.8. The molecule has 96 valence electrons. The number of halogens is 2. The van der Waals surface area contributed by atoms with E-state index in [4.69, 9.17) is 10.4 Å². The predicted octanol–water partition coefficient (Wildman–Crippen LogP) is 3.78. The van der Waals surface area contributed by atoms with Crippen molar-refractivity contribution in [2.45, 2.75) is 6.54 Å². The lowest BCUT2D eigenvalue weighted by molar-refractivity contribution is 0.475. The lowest BCUT2D eigenvalue weighted by Gasteiger charge is -2.09. The lowest BCUT2D eigenvalue weighted by Crippen LogP contribution is -2.02. The van der Waals surface area contributed by atoms with E-state index in [9.17, 15) is 4.39 Å². The molecular formula is C14H10BrFN2O. The Morgan fingerprint density at radius 1 is 1.21 bits per heavy atom. The van der Waals surface area contributed by atoms with Gasteiger partial charge in [0.2, 0.25) is 0 Å². The number of rotatable bonds is 3. The molecule has 2 aromatic rings. The van der Waals surface area contributed by atoms with Gasteiger partial charge in [-0.15, -0.1) is 0 Å². The van der Waals surface area contributed by atoms with Crippen molar-refractivity contribution in [3.63, 3.8) is 0 Å². The highest BCUT2D eigenvalue weighted by molar-refractivity contribution is 9.10. The third kappa shape index (κ3) is 3.04. The van der Waals surface area contributed by atoms with Crippen molar-refractivity contribution in [1.82, 2.24) is 0 Å². The monoisotopic (exact) mass is 320 g/mol. The van der Waals surface area contributed by atoms with Gasteiger partial charge in [0.05, 0.1) is 15.7 Å². The van der Waals surface area contributed by atoms with E-state index >= 15 is 0 Å². The van der Waals surface area contributed by atoms with Gasteiger partial charge in [-0.25, -0.2) is 4.39 Å². The fourth-order valence-corrected chi connectivity index (χ4v) is 2.02. The highest BCUT2D eigenvalue weighted by Gasteiger charge is 2.10. The average Bonchev–Trinajstić information content (AvgIpc) is 2.42. The minimum absolute atomic E-state index is 0.158.